The monoisotopic (exact) mass is 718 g/mol. The number of aliphatic hydroxyl groups excluding tert-OH is 1. The summed E-state index contributed by atoms with van der Waals surface area (Å²) in [6.07, 6.45) is 3.69. The smallest absolute Gasteiger partial charge is 0.349 e. The molecule has 0 unspecified atom stereocenters. The van der Waals surface area contributed by atoms with Crippen molar-refractivity contribution in [1.82, 2.24) is 25.2 Å². The molecule has 1 amide bonds. The summed E-state index contributed by atoms with van der Waals surface area (Å²) in [5.74, 6) is -0.666. The summed E-state index contributed by atoms with van der Waals surface area (Å²) in [5.41, 5.74) is 1.82. The molecular formula is C36H42N6O6S2. The first-order chi connectivity index (χ1) is 24.3. The first kappa shape index (κ1) is 35.6. The number of aromatic hydroxyl groups is 1. The predicted molar refractivity (Wildman–Crippen MR) is 193 cm³/mol. The Balaban J connectivity index is 0.935. The van der Waals surface area contributed by atoms with Crippen LogP contribution in [0, 0.1) is 0 Å². The van der Waals surface area contributed by atoms with Gasteiger partial charge in [0.15, 0.2) is 0 Å². The minimum atomic E-state index is -1.78. The van der Waals surface area contributed by atoms with E-state index < -0.39 is 17.7 Å². The molecule has 0 aliphatic heterocycles. The number of aryl methyl sites for hydroxylation is 1. The second-order valence-electron chi connectivity index (χ2n) is 12.7. The number of hydrogen-bond acceptors (Lipinski definition) is 12. The number of ether oxygens (including phenoxy) is 1. The zero-order valence-corrected chi connectivity index (χ0v) is 29.4. The van der Waals surface area contributed by atoms with Crippen LogP contribution in [-0.4, -0.2) is 79.9 Å². The number of phenolic OH excluding ortho intramolecular Hbond substituents is 1. The summed E-state index contributed by atoms with van der Waals surface area (Å²) in [6.45, 7) is 2.43. The molecule has 1 aliphatic carbocycles. The fraction of sp³-hybridized carbons (Fsp3) is 0.389. The van der Waals surface area contributed by atoms with Crippen LogP contribution in [0.3, 0.4) is 0 Å². The average molecular weight is 719 g/mol. The Bertz CT molecular complexity index is 1820. The Hall–Kier alpha value is -4.18. The van der Waals surface area contributed by atoms with Gasteiger partial charge in [0.1, 0.15) is 17.4 Å². The summed E-state index contributed by atoms with van der Waals surface area (Å²) in [5, 5.41) is 50.1. The molecule has 12 nitrogen and oxygen atoms in total. The van der Waals surface area contributed by atoms with Gasteiger partial charge in [0.05, 0.1) is 27.1 Å². The SMILES string of the molecule is CN(CCCn1nnc2cc(CNC[C@H](O)c3ccc(O)c(NC=O)c3)ccc21)[C@H]1CC[C@H](OC(=O)C(O)(c2cccs2)c2cccs2)CC1. The summed E-state index contributed by atoms with van der Waals surface area (Å²) in [7, 11) is 2.14. The molecule has 1 atom stereocenters. The van der Waals surface area contributed by atoms with Gasteiger partial charge < -0.3 is 35.6 Å². The van der Waals surface area contributed by atoms with Gasteiger partial charge in [-0.15, -0.1) is 27.8 Å². The van der Waals surface area contributed by atoms with E-state index in [-0.39, 0.29) is 24.1 Å². The van der Waals surface area contributed by atoms with Crippen LogP contribution in [0.2, 0.25) is 0 Å². The van der Waals surface area contributed by atoms with Crippen molar-refractivity contribution in [1.29, 1.82) is 0 Å². The van der Waals surface area contributed by atoms with E-state index in [1.807, 2.05) is 45.8 Å². The maximum atomic E-state index is 13.4. The highest BCUT2D eigenvalue weighted by Crippen LogP contribution is 2.38. The average Bonchev–Trinajstić information content (AvgIpc) is 3.93. The van der Waals surface area contributed by atoms with Crippen LogP contribution in [0.15, 0.2) is 71.4 Å². The molecule has 2 aromatic carbocycles. The predicted octanol–water partition coefficient (Wildman–Crippen LogP) is 4.76. The Morgan fingerprint density at radius 1 is 1.10 bits per heavy atom. The number of fused-ring (bicyclic) bond motifs is 1. The van der Waals surface area contributed by atoms with E-state index in [0.717, 1.165) is 61.8 Å². The summed E-state index contributed by atoms with van der Waals surface area (Å²) >= 11 is 2.70. The number of anilines is 1. The van der Waals surface area contributed by atoms with Crippen molar-refractivity contribution >= 4 is 51.8 Å². The summed E-state index contributed by atoms with van der Waals surface area (Å²) in [4.78, 5) is 27.6. The van der Waals surface area contributed by atoms with Crippen molar-refractivity contribution in [2.45, 2.75) is 69.0 Å². The topological polar surface area (TPSA) is 162 Å². The van der Waals surface area contributed by atoms with Gasteiger partial charge in [-0.2, -0.15) is 0 Å². The van der Waals surface area contributed by atoms with E-state index >= 15 is 0 Å². The molecule has 1 fully saturated rings. The van der Waals surface area contributed by atoms with Crippen LogP contribution in [0.25, 0.3) is 11.0 Å². The lowest BCUT2D eigenvalue weighted by Gasteiger charge is -2.35. The highest BCUT2D eigenvalue weighted by atomic mass is 32.1. The maximum Gasteiger partial charge on any atom is 0.349 e. The number of thiophene rings is 2. The number of aliphatic hydroxyl groups is 2. The summed E-state index contributed by atoms with van der Waals surface area (Å²) < 4.78 is 7.86. The third-order valence-corrected chi connectivity index (χ3v) is 11.3. The fourth-order valence-corrected chi connectivity index (χ4v) is 8.20. The highest BCUT2D eigenvalue weighted by molar-refractivity contribution is 7.12. The van der Waals surface area contributed by atoms with E-state index in [0.29, 0.717) is 34.3 Å². The van der Waals surface area contributed by atoms with Crippen LogP contribution in [0.5, 0.6) is 5.75 Å². The van der Waals surface area contributed by atoms with Crippen LogP contribution in [-0.2, 0) is 33.0 Å². The van der Waals surface area contributed by atoms with Gasteiger partial charge in [-0.25, -0.2) is 9.48 Å². The lowest BCUT2D eigenvalue weighted by Crippen LogP contribution is -2.42. The quantitative estimate of drug-likeness (QED) is 0.0547. The molecular weight excluding hydrogens is 677 g/mol. The zero-order chi connectivity index (χ0) is 35.1. The van der Waals surface area contributed by atoms with Gasteiger partial charge in [-0.05, 0) is 104 Å². The first-order valence-electron chi connectivity index (χ1n) is 16.7. The molecule has 1 aliphatic rings. The minimum absolute atomic E-state index is 0.0652. The van der Waals surface area contributed by atoms with Crippen molar-refractivity contribution in [3.8, 4) is 5.75 Å². The third-order valence-electron chi connectivity index (χ3n) is 9.34. The number of amides is 1. The van der Waals surface area contributed by atoms with Crippen LogP contribution in [0.4, 0.5) is 5.69 Å². The van der Waals surface area contributed by atoms with Gasteiger partial charge in [0.2, 0.25) is 12.0 Å². The molecule has 0 saturated heterocycles. The van der Waals surface area contributed by atoms with E-state index in [9.17, 15) is 24.9 Å². The molecule has 5 aromatic rings. The third kappa shape index (κ3) is 8.06. The number of aromatic nitrogens is 3. The Labute approximate surface area is 298 Å². The van der Waals surface area contributed by atoms with Gasteiger partial charge in [-0.3, -0.25) is 4.79 Å². The van der Waals surface area contributed by atoms with E-state index in [1.54, 1.807) is 24.3 Å². The van der Waals surface area contributed by atoms with E-state index in [1.165, 1.54) is 28.7 Å². The van der Waals surface area contributed by atoms with Gasteiger partial charge in [0, 0.05) is 25.7 Å². The maximum absolute atomic E-state index is 13.4. The Morgan fingerprint density at radius 2 is 1.84 bits per heavy atom. The largest absolute Gasteiger partial charge is 0.506 e. The molecule has 14 heteroatoms. The minimum Gasteiger partial charge on any atom is -0.506 e. The number of carbonyl (C=O) groups excluding carboxylic acids is 2. The molecule has 5 N–H and O–H groups in total. The van der Waals surface area contributed by atoms with E-state index in [2.05, 4.69) is 32.9 Å². The molecule has 0 radical (unpaired) electrons. The molecule has 0 spiro atoms. The Morgan fingerprint density at radius 3 is 2.52 bits per heavy atom. The Kier molecular flexibility index (Phi) is 11.6. The first-order valence-corrected chi connectivity index (χ1v) is 18.5. The van der Waals surface area contributed by atoms with Crippen molar-refractivity contribution < 1.29 is 29.6 Å². The molecule has 50 heavy (non-hydrogen) atoms. The number of carbonyl (C=O) groups is 2. The fourth-order valence-electron chi connectivity index (χ4n) is 6.49. The lowest BCUT2D eigenvalue weighted by molar-refractivity contribution is -0.169. The molecule has 0 bridgehead atoms. The molecule has 1 saturated carbocycles. The second-order valence-corrected chi connectivity index (χ2v) is 14.6. The van der Waals surface area contributed by atoms with Crippen LogP contribution < -0.4 is 10.6 Å². The number of benzene rings is 2. The number of esters is 1. The molecule has 6 rings (SSSR count). The number of nitrogens with zero attached hydrogens (tertiary/aromatic N) is 4. The van der Waals surface area contributed by atoms with Crippen molar-refractivity contribution in [2.24, 2.45) is 0 Å². The van der Waals surface area contributed by atoms with Crippen molar-refractivity contribution in [3.63, 3.8) is 0 Å². The van der Waals surface area contributed by atoms with Gasteiger partial charge in [-0.1, -0.05) is 29.5 Å². The van der Waals surface area contributed by atoms with Gasteiger partial charge >= 0.3 is 5.97 Å². The molecule has 3 heterocycles. The van der Waals surface area contributed by atoms with Crippen LogP contribution >= 0.6 is 22.7 Å². The van der Waals surface area contributed by atoms with Crippen molar-refractivity contribution in [3.05, 3.63) is 92.3 Å². The van der Waals surface area contributed by atoms with Crippen molar-refractivity contribution in [2.75, 3.05) is 25.5 Å². The second kappa shape index (κ2) is 16.2. The lowest BCUT2D eigenvalue weighted by atomic mass is 9.91. The number of rotatable bonds is 16. The summed E-state index contributed by atoms with van der Waals surface area (Å²) in [6, 6.07) is 18.2. The van der Waals surface area contributed by atoms with E-state index in [4.69, 9.17) is 4.74 Å². The standard InChI is InChI=1S/C36H42N6O6S2/c1-41(26-9-11-27(12-10-26)48-35(46)36(47,33-5-2-17-49-33)34-6-3-18-50-34)15-4-16-42-30-13-7-24(19-28(30)39-40-42)21-37-22-32(45)25-8-14-31(44)29(20-25)38-23-43/h2-3,5-8,13-14,17-20,23,26-27,32,37,44-45,47H,4,9-12,15-16,21-22H2,1H3,(H,38,43)/t26-,27-,32-/m0/s1. The zero-order valence-electron chi connectivity index (χ0n) is 27.8. The molecule has 264 valence electrons. The van der Waals surface area contributed by atoms with Gasteiger partial charge in [0.25, 0.3) is 0 Å². The number of phenols is 1. The van der Waals surface area contributed by atoms with Crippen LogP contribution in [0.1, 0.15) is 59.1 Å². The highest BCUT2D eigenvalue weighted by Gasteiger charge is 2.45. The number of hydrogen-bond donors (Lipinski definition) is 5. The number of nitrogens with one attached hydrogen (secondary N) is 2. The molecule has 3 aromatic heterocycles. The normalized spacial score (nSPS) is 17.2.